The second-order valence-electron chi connectivity index (χ2n) is 5.45. The first-order valence-electron chi connectivity index (χ1n) is 7.38. The number of sulfonamides is 1. The summed E-state index contributed by atoms with van der Waals surface area (Å²) in [6, 6.07) is 7.37. The van der Waals surface area contributed by atoms with E-state index in [1.54, 1.807) is 4.90 Å². The van der Waals surface area contributed by atoms with Gasteiger partial charge in [0.15, 0.2) is 17.6 Å². The Morgan fingerprint density at radius 3 is 2.57 bits per heavy atom. The van der Waals surface area contributed by atoms with E-state index in [2.05, 4.69) is 0 Å². The van der Waals surface area contributed by atoms with Crippen LogP contribution in [0.25, 0.3) is 0 Å². The summed E-state index contributed by atoms with van der Waals surface area (Å²) in [5.41, 5.74) is 0. The van der Waals surface area contributed by atoms with Crippen molar-refractivity contribution in [3.8, 4) is 11.5 Å². The second kappa shape index (κ2) is 7.18. The monoisotopic (exact) mass is 342 g/mol. The van der Waals surface area contributed by atoms with Gasteiger partial charge >= 0.3 is 0 Å². The third-order valence-corrected chi connectivity index (χ3v) is 4.91. The van der Waals surface area contributed by atoms with Crippen LogP contribution in [0.15, 0.2) is 24.3 Å². The molecule has 0 aliphatic carbocycles. The van der Waals surface area contributed by atoms with Gasteiger partial charge in [-0.2, -0.15) is 4.31 Å². The highest BCUT2D eigenvalue weighted by molar-refractivity contribution is 7.88. The van der Waals surface area contributed by atoms with E-state index in [9.17, 15) is 13.2 Å². The molecule has 1 heterocycles. The molecule has 1 aliphatic heterocycles. The van der Waals surface area contributed by atoms with Crippen LogP contribution in [-0.2, 0) is 14.8 Å². The molecule has 1 aromatic carbocycles. The normalized spacial score (nSPS) is 17.1. The molecule has 0 radical (unpaired) electrons. The van der Waals surface area contributed by atoms with Crippen molar-refractivity contribution in [1.82, 2.24) is 9.21 Å². The maximum atomic E-state index is 12.3. The van der Waals surface area contributed by atoms with Crippen LogP contribution in [-0.4, -0.2) is 69.2 Å². The maximum absolute atomic E-state index is 12.3. The number of benzene rings is 1. The minimum absolute atomic E-state index is 0.184. The molecule has 0 unspecified atom stereocenters. The summed E-state index contributed by atoms with van der Waals surface area (Å²) in [5, 5.41) is 0. The SMILES string of the molecule is CCN(C[C@H]1COc2ccccc2O1)C(=O)CN(C)S(C)(=O)=O. The Hall–Kier alpha value is -1.80. The molecule has 1 aromatic rings. The molecular weight excluding hydrogens is 320 g/mol. The lowest BCUT2D eigenvalue weighted by Crippen LogP contribution is -2.47. The number of fused-ring (bicyclic) bond motifs is 1. The molecule has 128 valence electrons. The largest absolute Gasteiger partial charge is 0.486 e. The van der Waals surface area contributed by atoms with E-state index in [1.807, 2.05) is 31.2 Å². The van der Waals surface area contributed by atoms with Crippen LogP contribution in [0.2, 0.25) is 0 Å². The van der Waals surface area contributed by atoms with Gasteiger partial charge in [-0.05, 0) is 19.1 Å². The van der Waals surface area contributed by atoms with Gasteiger partial charge in [0.2, 0.25) is 15.9 Å². The van der Waals surface area contributed by atoms with E-state index >= 15 is 0 Å². The van der Waals surface area contributed by atoms with E-state index in [1.165, 1.54) is 7.05 Å². The van der Waals surface area contributed by atoms with E-state index in [0.29, 0.717) is 31.2 Å². The number of likely N-dealkylation sites (N-methyl/N-ethyl adjacent to an activating group) is 2. The molecule has 1 aliphatic rings. The smallest absolute Gasteiger partial charge is 0.238 e. The lowest BCUT2D eigenvalue weighted by atomic mass is 10.2. The summed E-state index contributed by atoms with van der Waals surface area (Å²) in [4.78, 5) is 13.8. The Balaban J connectivity index is 1.96. The summed E-state index contributed by atoms with van der Waals surface area (Å²) >= 11 is 0. The Morgan fingerprint density at radius 2 is 1.96 bits per heavy atom. The van der Waals surface area contributed by atoms with Crippen molar-refractivity contribution in [1.29, 1.82) is 0 Å². The van der Waals surface area contributed by atoms with E-state index in [4.69, 9.17) is 9.47 Å². The molecule has 2 rings (SSSR count). The Kier molecular flexibility index (Phi) is 5.48. The zero-order valence-electron chi connectivity index (χ0n) is 13.6. The first-order valence-corrected chi connectivity index (χ1v) is 9.23. The van der Waals surface area contributed by atoms with Crippen molar-refractivity contribution in [2.75, 3.05) is 39.5 Å². The van der Waals surface area contributed by atoms with Crippen LogP contribution in [0.3, 0.4) is 0 Å². The summed E-state index contributed by atoms with van der Waals surface area (Å²) in [5.74, 6) is 1.08. The topological polar surface area (TPSA) is 76.2 Å². The van der Waals surface area contributed by atoms with Crippen LogP contribution >= 0.6 is 0 Å². The average molecular weight is 342 g/mol. The number of nitrogens with zero attached hydrogens (tertiary/aromatic N) is 2. The zero-order valence-corrected chi connectivity index (χ0v) is 14.4. The van der Waals surface area contributed by atoms with E-state index in [0.717, 1.165) is 10.6 Å². The van der Waals surface area contributed by atoms with Crippen LogP contribution in [0.4, 0.5) is 0 Å². The van der Waals surface area contributed by atoms with Gasteiger partial charge < -0.3 is 14.4 Å². The first kappa shape index (κ1) is 17.6. The van der Waals surface area contributed by atoms with Gasteiger partial charge in [-0.1, -0.05) is 12.1 Å². The van der Waals surface area contributed by atoms with Crippen LogP contribution in [0.1, 0.15) is 6.92 Å². The fourth-order valence-corrected chi connectivity index (χ4v) is 2.56. The Labute approximate surface area is 136 Å². The number of carbonyl (C=O) groups excluding carboxylic acids is 1. The van der Waals surface area contributed by atoms with Gasteiger partial charge in [-0.25, -0.2) is 8.42 Å². The second-order valence-corrected chi connectivity index (χ2v) is 7.54. The lowest BCUT2D eigenvalue weighted by Gasteiger charge is -2.31. The van der Waals surface area contributed by atoms with Crippen molar-refractivity contribution < 1.29 is 22.7 Å². The molecule has 8 heteroatoms. The number of amides is 1. The fraction of sp³-hybridized carbons (Fsp3) is 0.533. The summed E-state index contributed by atoms with van der Waals surface area (Å²) in [6.45, 7) is 2.83. The molecule has 0 fully saturated rings. The van der Waals surface area contributed by atoms with Gasteiger partial charge in [-0.3, -0.25) is 4.79 Å². The molecule has 1 atom stereocenters. The number of para-hydroxylation sites is 2. The molecule has 0 bridgehead atoms. The van der Waals surface area contributed by atoms with Crippen molar-refractivity contribution in [2.45, 2.75) is 13.0 Å². The first-order chi connectivity index (χ1) is 10.8. The Bertz CT molecular complexity index is 662. The van der Waals surface area contributed by atoms with Gasteiger partial charge in [-0.15, -0.1) is 0 Å². The molecule has 0 N–H and O–H groups in total. The molecule has 1 amide bonds. The standard InChI is InChI=1S/C15H22N2O5S/c1-4-17(15(18)10-16(2)23(3,19)20)9-12-11-21-13-7-5-6-8-14(13)22-12/h5-8,12H,4,9-11H2,1-3H3/t12-/m0/s1. The zero-order chi connectivity index (χ0) is 17.0. The van der Waals surface area contributed by atoms with Crippen molar-refractivity contribution >= 4 is 15.9 Å². The van der Waals surface area contributed by atoms with Gasteiger partial charge in [0.05, 0.1) is 19.3 Å². The van der Waals surface area contributed by atoms with Gasteiger partial charge in [0, 0.05) is 13.6 Å². The highest BCUT2D eigenvalue weighted by Gasteiger charge is 2.26. The quantitative estimate of drug-likeness (QED) is 0.755. The third-order valence-electron chi connectivity index (χ3n) is 3.65. The minimum Gasteiger partial charge on any atom is -0.486 e. The van der Waals surface area contributed by atoms with Crippen LogP contribution in [0, 0.1) is 0 Å². The summed E-state index contributed by atoms with van der Waals surface area (Å²) in [6.07, 6.45) is 0.795. The molecule has 0 saturated carbocycles. The van der Waals surface area contributed by atoms with Gasteiger partial charge in [0.25, 0.3) is 0 Å². The highest BCUT2D eigenvalue weighted by atomic mass is 32.2. The minimum atomic E-state index is -3.38. The van der Waals surface area contributed by atoms with Crippen molar-refractivity contribution in [2.24, 2.45) is 0 Å². The molecule has 0 aromatic heterocycles. The highest BCUT2D eigenvalue weighted by Crippen LogP contribution is 2.30. The van der Waals surface area contributed by atoms with Crippen molar-refractivity contribution in [3.63, 3.8) is 0 Å². The van der Waals surface area contributed by atoms with E-state index < -0.39 is 10.0 Å². The van der Waals surface area contributed by atoms with Crippen LogP contribution < -0.4 is 9.47 Å². The molecule has 7 nitrogen and oxygen atoms in total. The molecule has 0 spiro atoms. The summed E-state index contributed by atoms with van der Waals surface area (Å²) < 4.78 is 35.3. The number of hydrogen-bond donors (Lipinski definition) is 0. The number of ether oxygens (including phenoxy) is 2. The van der Waals surface area contributed by atoms with E-state index in [-0.39, 0.29) is 18.6 Å². The Morgan fingerprint density at radius 1 is 1.30 bits per heavy atom. The van der Waals surface area contributed by atoms with Crippen molar-refractivity contribution in [3.05, 3.63) is 24.3 Å². The number of rotatable bonds is 6. The fourth-order valence-electron chi connectivity index (χ4n) is 2.21. The molecule has 23 heavy (non-hydrogen) atoms. The number of hydrogen-bond acceptors (Lipinski definition) is 5. The van der Waals surface area contributed by atoms with Crippen LogP contribution in [0.5, 0.6) is 11.5 Å². The third kappa shape index (κ3) is 4.59. The molecule has 0 saturated heterocycles. The lowest BCUT2D eigenvalue weighted by molar-refractivity contribution is -0.132. The number of carbonyl (C=O) groups is 1. The predicted octanol–water partition coefficient (Wildman–Crippen LogP) is 0.566. The van der Waals surface area contributed by atoms with Gasteiger partial charge in [0.1, 0.15) is 6.61 Å². The molecular formula is C15H22N2O5S. The average Bonchev–Trinajstić information content (AvgIpc) is 2.51. The maximum Gasteiger partial charge on any atom is 0.238 e. The predicted molar refractivity (Wildman–Crippen MR) is 86.1 cm³/mol. The summed E-state index contributed by atoms with van der Waals surface area (Å²) in [7, 11) is -2.00.